The zero-order valence-corrected chi connectivity index (χ0v) is 17.5. The van der Waals surface area contributed by atoms with Crippen LogP contribution in [-0.2, 0) is 17.9 Å². The number of hydrogen-bond donors (Lipinski definition) is 0. The van der Waals surface area contributed by atoms with E-state index >= 15 is 0 Å². The van der Waals surface area contributed by atoms with Gasteiger partial charge in [-0.15, -0.1) is 0 Å². The molecule has 1 aromatic carbocycles. The Morgan fingerprint density at radius 3 is 2.48 bits per heavy atom. The molecule has 3 rings (SSSR count). The molecule has 7 heteroatoms. The van der Waals surface area contributed by atoms with Crippen LogP contribution in [0, 0.1) is 6.92 Å². The van der Waals surface area contributed by atoms with Gasteiger partial charge in [-0.1, -0.05) is 34.1 Å². The molecule has 0 radical (unpaired) electrons. The van der Waals surface area contributed by atoms with Crippen molar-refractivity contribution in [2.24, 2.45) is 0 Å². The molecule has 1 aliphatic rings. The number of carbonyl (C=O) groups is 1. The highest BCUT2D eigenvalue weighted by atomic mass is 79.9. The number of benzene rings is 1. The van der Waals surface area contributed by atoms with Crippen LogP contribution < -0.4 is 0 Å². The first-order valence-electron chi connectivity index (χ1n) is 8.46. The van der Waals surface area contributed by atoms with E-state index in [0.717, 1.165) is 47.4 Å². The average molecular weight is 470 g/mol. The number of aromatic nitrogens is 2. The minimum absolute atomic E-state index is 0.213. The lowest BCUT2D eigenvalue weighted by molar-refractivity contribution is -0.133. The molecular weight excluding hydrogens is 448 g/mol. The van der Waals surface area contributed by atoms with Crippen LogP contribution in [0.25, 0.3) is 0 Å². The first kappa shape index (κ1) is 18.6. The molecule has 1 saturated heterocycles. The molecule has 0 spiro atoms. The number of piperazine rings is 1. The first-order valence-corrected chi connectivity index (χ1v) is 10.0. The smallest absolute Gasteiger partial charge is 0.224 e. The summed E-state index contributed by atoms with van der Waals surface area (Å²) in [4.78, 5) is 16.8. The van der Waals surface area contributed by atoms with Crippen LogP contribution in [0.15, 0.2) is 39.4 Å². The maximum absolute atomic E-state index is 12.4. The van der Waals surface area contributed by atoms with Crippen LogP contribution in [0.4, 0.5) is 0 Å². The summed E-state index contributed by atoms with van der Waals surface area (Å²) in [6, 6.07) is 8.31. The highest BCUT2D eigenvalue weighted by Crippen LogP contribution is 2.19. The van der Waals surface area contributed by atoms with Gasteiger partial charge in [-0.25, -0.2) is 0 Å². The van der Waals surface area contributed by atoms with Crippen molar-refractivity contribution >= 4 is 37.8 Å². The summed E-state index contributed by atoms with van der Waals surface area (Å²) in [6.45, 7) is 6.93. The largest absolute Gasteiger partial charge is 0.340 e. The topological polar surface area (TPSA) is 41.4 Å². The third-order valence-electron chi connectivity index (χ3n) is 4.52. The van der Waals surface area contributed by atoms with Crippen molar-refractivity contribution in [2.75, 3.05) is 26.2 Å². The van der Waals surface area contributed by atoms with Crippen LogP contribution in [0.2, 0.25) is 0 Å². The van der Waals surface area contributed by atoms with Crippen molar-refractivity contribution in [3.63, 3.8) is 0 Å². The SMILES string of the molecule is Cc1nn(CCC(=O)N2CCN(Cc3ccccc3Br)CC2)cc1Br. The number of carbonyl (C=O) groups excluding carboxylic acids is 1. The third-order valence-corrected chi connectivity index (χ3v) is 6.07. The van der Waals surface area contributed by atoms with Crippen molar-refractivity contribution < 1.29 is 4.79 Å². The number of aryl methyl sites for hydroxylation is 2. The van der Waals surface area contributed by atoms with Gasteiger partial charge in [-0.2, -0.15) is 5.10 Å². The Balaban J connectivity index is 1.45. The number of rotatable bonds is 5. The van der Waals surface area contributed by atoms with Crippen LogP contribution in [0.3, 0.4) is 0 Å². The van der Waals surface area contributed by atoms with Gasteiger partial charge in [-0.3, -0.25) is 14.4 Å². The molecule has 1 aromatic heterocycles. The summed E-state index contributed by atoms with van der Waals surface area (Å²) < 4.78 is 3.97. The van der Waals surface area contributed by atoms with E-state index in [4.69, 9.17) is 0 Å². The van der Waals surface area contributed by atoms with E-state index in [1.165, 1.54) is 5.56 Å². The molecule has 134 valence electrons. The molecule has 1 aliphatic heterocycles. The maximum Gasteiger partial charge on any atom is 0.224 e. The van der Waals surface area contributed by atoms with E-state index in [0.29, 0.717) is 13.0 Å². The lowest BCUT2D eigenvalue weighted by atomic mass is 10.2. The third kappa shape index (κ3) is 4.92. The van der Waals surface area contributed by atoms with E-state index in [1.807, 2.05) is 28.8 Å². The number of nitrogens with zero attached hydrogens (tertiary/aromatic N) is 4. The molecule has 0 aliphatic carbocycles. The van der Waals surface area contributed by atoms with Gasteiger partial charge in [-0.05, 0) is 34.5 Å². The fourth-order valence-corrected chi connectivity index (χ4v) is 3.73. The zero-order valence-electron chi connectivity index (χ0n) is 14.3. The molecule has 0 bridgehead atoms. The standard InChI is InChI=1S/C18H22Br2N4O/c1-14-17(20)13-24(21-14)7-6-18(25)23-10-8-22(9-11-23)12-15-4-2-3-5-16(15)19/h2-5,13H,6-12H2,1H3. The Hall–Kier alpha value is -1.18. The highest BCUT2D eigenvalue weighted by Gasteiger charge is 2.21. The van der Waals surface area contributed by atoms with Gasteiger partial charge >= 0.3 is 0 Å². The van der Waals surface area contributed by atoms with Crippen molar-refractivity contribution in [1.29, 1.82) is 0 Å². The quantitative estimate of drug-likeness (QED) is 0.673. The fourth-order valence-electron chi connectivity index (χ4n) is 3.00. The molecule has 0 atom stereocenters. The molecule has 0 N–H and O–H groups in total. The second-order valence-electron chi connectivity index (χ2n) is 6.32. The lowest BCUT2D eigenvalue weighted by Gasteiger charge is -2.35. The fraction of sp³-hybridized carbons (Fsp3) is 0.444. The molecular formula is C18H22Br2N4O. The average Bonchev–Trinajstić information content (AvgIpc) is 2.93. The van der Waals surface area contributed by atoms with Crippen molar-refractivity contribution in [3.05, 3.63) is 50.7 Å². The minimum atomic E-state index is 0.213. The zero-order chi connectivity index (χ0) is 17.8. The molecule has 0 saturated carbocycles. The van der Waals surface area contributed by atoms with E-state index in [1.54, 1.807) is 0 Å². The van der Waals surface area contributed by atoms with Gasteiger partial charge in [0.1, 0.15) is 0 Å². The van der Waals surface area contributed by atoms with E-state index in [-0.39, 0.29) is 5.91 Å². The summed E-state index contributed by atoms with van der Waals surface area (Å²) >= 11 is 7.06. The van der Waals surface area contributed by atoms with E-state index < -0.39 is 0 Å². The maximum atomic E-state index is 12.4. The van der Waals surface area contributed by atoms with Crippen LogP contribution in [0.1, 0.15) is 17.7 Å². The van der Waals surface area contributed by atoms with Crippen LogP contribution in [-0.4, -0.2) is 51.7 Å². The van der Waals surface area contributed by atoms with Gasteiger partial charge in [0.2, 0.25) is 5.91 Å². The Labute approximate surface area is 165 Å². The second-order valence-corrected chi connectivity index (χ2v) is 8.03. The van der Waals surface area contributed by atoms with Crippen LogP contribution >= 0.6 is 31.9 Å². The Kier molecular flexibility index (Phi) is 6.30. The Morgan fingerprint density at radius 1 is 1.12 bits per heavy atom. The molecule has 0 unspecified atom stereocenters. The first-order chi connectivity index (χ1) is 12.0. The van der Waals surface area contributed by atoms with Crippen LogP contribution in [0.5, 0.6) is 0 Å². The molecule has 2 heterocycles. The van der Waals surface area contributed by atoms with Gasteiger partial charge in [0, 0.05) is 56.4 Å². The van der Waals surface area contributed by atoms with Crippen molar-refractivity contribution in [2.45, 2.75) is 26.4 Å². The summed E-state index contributed by atoms with van der Waals surface area (Å²) in [5, 5.41) is 4.38. The molecule has 1 fully saturated rings. The monoisotopic (exact) mass is 468 g/mol. The molecule has 25 heavy (non-hydrogen) atoms. The second kappa shape index (κ2) is 8.47. The molecule has 1 amide bonds. The summed E-state index contributed by atoms with van der Waals surface area (Å²) in [5.41, 5.74) is 2.25. The van der Waals surface area contributed by atoms with Crippen molar-refractivity contribution in [1.82, 2.24) is 19.6 Å². The predicted octanol–water partition coefficient (Wildman–Crippen LogP) is 3.45. The van der Waals surface area contributed by atoms with E-state index in [2.05, 4.69) is 60.1 Å². The summed E-state index contributed by atoms with van der Waals surface area (Å²) in [7, 11) is 0. The highest BCUT2D eigenvalue weighted by molar-refractivity contribution is 9.10. The van der Waals surface area contributed by atoms with E-state index in [9.17, 15) is 4.79 Å². The Morgan fingerprint density at radius 2 is 1.84 bits per heavy atom. The van der Waals surface area contributed by atoms with Crippen molar-refractivity contribution in [3.8, 4) is 0 Å². The normalized spacial score (nSPS) is 15.6. The van der Waals surface area contributed by atoms with Gasteiger partial charge in [0.15, 0.2) is 0 Å². The predicted molar refractivity (Wildman–Crippen MR) is 105 cm³/mol. The molecule has 2 aromatic rings. The van der Waals surface area contributed by atoms with Gasteiger partial charge in [0.25, 0.3) is 0 Å². The summed E-state index contributed by atoms with van der Waals surface area (Å²) in [6.07, 6.45) is 2.43. The number of hydrogen-bond acceptors (Lipinski definition) is 3. The minimum Gasteiger partial charge on any atom is -0.340 e. The molecule has 5 nitrogen and oxygen atoms in total. The van der Waals surface area contributed by atoms with Gasteiger partial charge in [0.05, 0.1) is 10.2 Å². The summed E-state index contributed by atoms with van der Waals surface area (Å²) in [5.74, 6) is 0.213. The number of halogens is 2. The Bertz CT molecular complexity index is 719. The number of amides is 1. The van der Waals surface area contributed by atoms with Gasteiger partial charge < -0.3 is 4.90 Å². The lowest BCUT2D eigenvalue weighted by Crippen LogP contribution is -2.48.